The molecule has 1 amide bonds. The lowest BCUT2D eigenvalue weighted by molar-refractivity contribution is -0.117. The molecule has 2 heterocycles. The smallest absolute Gasteiger partial charge is 0.228 e. The number of nitrogens with zero attached hydrogens (tertiary/aromatic N) is 2. The molecule has 25 heavy (non-hydrogen) atoms. The summed E-state index contributed by atoms with van der Waals surface area (Å²) in [6, 6.07) is 6.70. The number of carbonyl (C=O) groups is 1. The van der Waals surface area contributed by atoms with Gasteiger partial charge in [-0.05, 0) is 42.2 Å². The van der Waals surface area contributed by atoms with Gasteiger partial charge in [0.1, 0.15) is 11.5 Å². The summed E-state index contributed by atoms with van der Waals surface area (Å²) in [5, 5.41) is 12.3. The fourth-order valence-electron chi connectivity index (χ4n) is 2.80. The number of halogens is 2. The molecule has 0 aliphatic heterocycles. The van der Waals surface area contributed by atoms with Crippen molar-refractivity contribution in [3.63, 3.8) is 0 Å². The monoisotopic (exact) mass is 359 g/mol. The number of amides is 1. The molecule has 0 radical (unpaired) electrons. The standard InChI is InChI=1S/C18H15ClFN3O2/c19-14-5-4-12(13(9-24)17(14)20)11-3-6-16-21-15(8-23(16)7-11)22-18(25)10-1-2-10/h3-8,10,24H,1-2,9H2,(H,22,25). The zero-order valence-electron chi connectivity index (χ0n) is 13.2. The molecule has 3 aromatic rings. The first-order chi connectivity index (χ1) is 12.1. The Morgan fingerprint density at radius 2 is 2.12 bits per heavy atom. The van der Waals surface area contributed by atoms with Gasteiger partial charge in [0.15, 0.2) is 5.82 Å². The summed E-state index contributed by atoms with van der Waals surface area (Å²) in [6.45, 7) is -0.452. The van der Waals surface area contributed by atoms with Gasteiger partial charge in [0.2, 0.25) is 5.91 Å². The van der Waals surface area contributed by atoms with Gasteiger partial charge < -0.3 is 14.8 Å². The van der Waals surface area contributed by atoms with Crippen molar-refractivity contribution in [3.8, 4) is 11.1 Å². The fourth-order valence-corrected chi connectivity index (χ4v) is 2.98. The van der Waals surface area contributed by atoms with Crippen LogP contribution in [-0.2, 0) is 11.4 Å². The molecular weight excluding hydrogens is 345 g/mol. The van der Waals surface area contributed by atoms with Gasteiger partial charge in [-0.15, -0.1) is 0 Å². The van der Waals surface area contributed by atoms with E-state index >= 15 is 0 Å². The maximum absolute atomic E-state index is 14.1. The Bertz CT molecular complexity index is 982. The zero-order chi connectivity index (χ0) is 17.6. The Hall–Kier alpha value is -2.44. The van der Waals surface area contributed by atoms with Crippen LogP contribution >= 0.6 is 11.6 Å². The van der Waals surface area contributed by atoms with E-state index in [1.54, 1.807) is 35.0 Å². The Balaban J connectivity index is 1.71. The molecule has 0 bridgehead atoms. The van der Waals surface area contributed by atoms with Gasteiger partial charge in [-0.3, -0.25) is 4.79 Å². The van der Waals surface area contributed by atoms with Gasteiger partial charge in [-0.2, -0.15) is 0 Å². The maximum atomic E-state index is 14.1. The molecule has 0 unspecified atom stereocenters. The molecule has 1 fully saturated rings. The lowest BCUT2D eigenvalue weighted by Gasteiger charge is -2.10. The van der Waals surface area contributed by atoms with Crippen LogP contribution in [0.4, 0.5) is 10.2 Å². The minimum Gasteiger partial charge on any atom is -0.392 e. The van der Waals surface area contributed by atoms with Gasteiger partial charge >= 0.3 is 0 Å². The normalized spacial score (nSPS) is 14.0. The molecule has 0 saturated heterocycles. The highest BCUT2D eigenvalue weighted by atomic mass is 35.5. The number of nitrogens with one attached hydrogen (secondary N) is 1. The number of carbonyl (C=O) groups excluding carboxylic acids is 1. The van der Waals surface area contributed by atoms with Crippen LogP contribution in [0.2, 0.25) is 5.02 Å². The predicted octanol–water partition coefficient (Wildman–Crippen LogP) is 3.63. The predicted molar refractivity (Wildman–Crippen MR) is 92.9 cm³/mol. The highest BCUT2D eigenvalue weighted by Gasteiger charge is 2.30. The largest absolute Gasteiger partial charge is 0.392 e. The number of hydrogen-bond donors (Lipinski definition) is 2. The quantitative estimate of drug-likeness (QED) is 0.747. The van der Waals surface area contributed by atoms with E-state index in [0.29, 0.717) is 22.6 Å². The molecule has 128 valence electrons. The van der Waals surface area contributed by atoms with Gasteiger partial charge in [-0.1, -0.05) is 17.7 Å². The third-order valence-corrected chi connectivity index (χ3v) is 4.61. The number of aromatic nitrogens is 2. The molecule has 7 heteroatoms. The molecule has 5 nitrogen and oxygen atoms in total. The van der Waals surface area contributed by atoms with E-state index in [2.05, 4.69) is 10.3 Å². The maximum Gasteiger partial charge on any atom is 0.228 e. The van der Waals surface area contributed by atoms with E-state index in [1.165, 1.54) is 6.07 Å². The Morgan fingerprint density at radius 1 is 1.32 bits per heavy atom. The average Bonchev–Trinajstić information content (AvgIpc) is 3.37. The van der Waals surface area contributed by atoms with E-state index < -0.39 is 12.4 Å². The summed E-state index contributed by atoms with van der Waals surface area (Å²) in [5.41, 5.74) is 2.08. The molecule has 1 aliphatic rings. The van der Waals surface area contributed by atoms with Gasteiger partial charge in [0.05, 0.1) is 17.8 Å². The summed E-state index contributed by atoms with van der Waals surface area (Å²) in [5.74, 6) is -0.0426. The second kappa shape index (κ2) is 6.13. The van der Waals surface area contributed by atoms with Crippen molar-refractivity contribution in [2.24, 2.45) is 5.92 Å². The SMILES string of the molecule is O=C(Nc1cn2cc(-c3ccc(Cl)c(F)c3CO)ccc2n1)C1CC1. The highest BCUT2D eigenvalue weighted by molar-refractivity contribution is 6.30. The van der Waals surface area contributed by atoms with Crippen molar-refractivity contribution < 1.29 is 14.3 Å². The summed E-state index contributed by atoms with van der Waals surface area (Å²) in [7, 11) is 0. The molecule has 1 aliphatic carbocycles. The second-order valence-electron chi connectivity index (χ2n) is 6.12. The molecule has 2 aromatic heterocycles. The number of hydrogen-bond acceptors (Lipinski definition) is 3. The van der Waals surface area contributed by atoms with E-state index in [1.807, 2.05) is 0 Å². The van der Waals surface area contributed by atoms with Crippen molar-refractivity contribution >= 4 is 29.0 Å². The van der Waals surface area contributed by atoms with Crippen molar-refractivity contribution in [2.45, 2.75) is 19.4 Å². The number of imidazole rings is 1. The lowest BCUT2D eigenvalue weighted by atomic mass is 10.0. The third-order valence-electron chi connectivity index (χ3n) is 4.32. The zero-order valence-corrected chi connectivity index (χ0v) is 13.9. The molecular formula is C18H15ClFN3O2. The van der Waals surface area contributed by atoms with Crippen molar-refractivity contribution in [3.05, 3.63) is 53.1 Å². The van der Waals surface area contributed by atoms with Crippen LogP contribution in [0.5, 0.6) is 0 Å². The number of anilines is 1. The summed E-state index contributed by atoms with van der Waals surface area (Å²) < 4.78 is 15.9. The minimum absolute atomic E-state index is 0.00836. The van der Waals surface area contributed by atoms with Crippen molar-refractivity contribution in [2.75, 3.05) is 5.32 Å². The number of aliphatic hydroxyl groups is 1. The average molecular weight is 360 g/mol. The number of fused-ring (bicyclic) bond motifs is 1. The number of benzene rings is 1. The number of rotatable bonds is 4. The Kier molecular flexibility index (Phi) is 3.94. The van der Waals surface area contributed by atoms with E-state index in [-0.39, 0.29) is 22.4 Å². The van der Waals surface area contributed by atoms with Crippen molar-refractivity contribution in [1.29, 1.82) is 0 Å². The number of aliphatic hydroxyl groups excluding tert-OH is 1. The van der Waals surface area contributed by atoms with Crippen LogP contribution in [0.25, 0.3) is 16.8 Å². The lowest BCUT2D eigenvalue weighted by Crippen LogP contribution is -2.13. The van der Waals surface area contributed by atoms with Crippen molar-refractivity contribution in [1.82, 2.24) is 9.38 Å². The summed E-state index contributed by atoms with van der Waals surface area (Å²) >= 11 is 5.79. The molecule has 4 rings (SSSR count). The molecule has 1 aromatic carbocycles. The topological polar surface area (TPSA) is 66.6 Å². The highest BCUT2D eigenvalue weighted by Crippen LogP contribution is 2.31. The second-order valence-corrected chi connectivity index (χ2v) is 6.53. The first kappa shape index (κ1) is 16.1. The van der Waals surface area contributed by atoms with Crippen LogP contribution in [0.1, 0.15) is 18.4 Å². The van der Waals surface area contributed by atoms with Crippen LogP contribution < -0.4 is 5.32 Å². The number of pyridine rings is 1. The first-order valence-corrected chi connectivity index (χ1v) is 8.32. The molecule has 0 atom stereocenters. The van der Waals surface area contributed by atoms with E-state index in [0.717, 1.165) is 12.8 Å². The molecule has 2 N–H and O–H groups in total. The first-order valence-electron chi connectivity index (χ1n) is 7.94. The fraction of sp³-hybridized carbons (Fsp3) is 0.222. The van der Waals surface area contributed by atoms with E-state index in [4.69, 9.17) is 11.6 Å². The Labute approximate surface area is 148 Å². The molecule has 1 saturated carbocycles. The van der Waals surface area contributed by atoms with Gasteiger partial charge in [0.25, 0.3) is 0 Å². The van der Waals surface area contributed by atoms with Crippen LogP contribution in [0.15, 0.2) is 36.7 Å². The van der Waals surface area contributed by atoms with Crippen LogP contribution in [-0.4, -0.2) is 20.4 Å². The molecule has 0 spiro atoms. The van der Waals surface area contributed by atoms with Crippen LogP contribution in [0.3, 0.4) is 0 Å². The van der Waals surface area contributed by atoms with Gasteiger partial charge in [-0.25, -0.2) is 9.37 Å². The Morgan fingerprint density at radius 3 is 2.84 bits per heavy atom. The minimum atomic E-state index is -0.621. The summed E-state index contributed by atoms with van der Waals surface area (Å²) in [4.78, 5) is 16.2. The van der Waals surface area contributed by atoms with E-state index in [9.17, 15) is 14.3 Å². The third kappa shape index (κ3) is 2.99. The van der Waals surface area contributed by atoms with Crippen LogP contribution in [0, 0.1) is 11.7 Å². The summed E-state index contributed by atoms with van der Waals surface area (Å²) in [6.07, 6.45) is 5.34. The van der Waals surface area contributed by atoms with Gasteiger partial charge in [0, 0.05) is 17.7 Å².